The van der Waals surface area contributed by atoms with Crippen LogP contribution in [0.3, 0.4) is 0 Å². The first-order valence-electron chi connectivity index (χ1n) is 8.01. The first-order valence-corrected chi connectivity index (χ1v) is 11.7. The number of nitrogens with two attached hydrogens (primary N) is 1. The Bertz CT molecular complexity index is 821. The van der Waals surface area contributed by atoms with Crippen LogP contribution in [0, 0.1) is 0 Å². The molecule has 0 bridgehead atoms. The lowest BCUT2D eigenvalue weighted by molar-refractivity contribution is 0.303. The Kier molecular flexibility index (Phi) is 9.56. The topological polar surface area (TPSA) is 128 Å². The van der Waals surface area contributed by atoms with E-state index in [0.717, 1.165) is 44.2 Å². The Hall–Kier alpha value is -0.330. The van der Waals surface area contributed by atoms with E-state index in [9.17, 15) is 16.8 Å². The van der Waals surface area contributed by atoms with Gasteiger partial charge in [0, 0.05) is 12.6 Å². The minimum absolute atomic E-state index is 0. The van der Waals surface area contributed by atoms with Crippen LogP contribution in [0.1, 0.15) is 32.1 Å². The summed E-state index contributed by atoms with van der Waals surface area (Å²) in [5, 5.41) is 0.0155. The van der Waals surface area contributed by atoms with E-state index in [2.05, 4.69) is 9.44 Å². The van der Waals surface area contributed by atoms with Gasteiger partial charge in [0.15, 0.2) is 0 Å². The number of hydrogen-bond acceptors (Lipinski definition) is 6. The van der Waals surface area contributed by atoms with Gasteiger partial charge in [-0.25, -0.2) is 13.1 Å². The lowest BCUT2D eigenvalue weighted by Gasteiger charge is -2.22. The summed E-state index contributed by atoms with van der Waals surface area (Å²) in [7, 11) is -7.86. The van der Waals surface area contributed by atoms with Crippen LogP contribution < -0.4 is 15.2 Å². The minimum Gasteiger partial charge on any atom is -0.396 e. The summed E-state index contributed by atoms with van der Waals surface area (Å²) in [5.74, 6) is 0. The molecule has 156 valence electrons. The maximum absolute atomic E-state index is 12.2. The fraction of sp³-hybridized carbons (Fsp3) is 0.571. The molecule has 0 amide bonds. The third-order valence-electron chi connectivity index (χ3n) is 3.91. The monoisotopic (exact) mass is 481 g/mol. The van der Waals surface area contributed by atoms with Crippen molar-refractivity contribution in [3.05, 3.63) is 22.2 Å². The normalized spacial score (nSPS) is 16.1. The van der Waals surface area contributed by atoms with Crippen LogP contribution in [0.15, 0.2) is 17.0 Å². The molecule has 0 aliphatic heterocycles. The molecule has 4 N–H and O–H groups in total. The zero-order chi connectivity index (χ0) is 19.4. The van der Waals surface area contributed by atoms with E-state index in [-0.39, 0.29) is 52.2 Å². The second-order valence-corrected chi connectivity index (χ2v) is 9.89. The molecular weight excluding hydrogens is 461 g/mol. The minimum atomic E-state index is -3.94. The molecule has 2 rings (SSSR count). The van der Waals surface area contributed by atoms with E-state index in [1.165, 1.54) is 0 Å². The quantitative estimate of drug-likeness (QED) is 0.386. The molecular formula is C14H22Cl3N3O5S2. The number of hydrogen-bond donors (Lipinski definition) is 3. The number of benzene rings is 1. The van der Waals surface area contributed by atoms with E-state index >= 15 is 0 Å². The Balaban J connectivity index is 0.00000364. The molecule has 0 heterocycles. The van der Waals surface area contributed by atoms with Crippen molar-refractivity contribution in [3.63, 3.8) is 0 Å². The Morgan fingerprint density at radius 2 is 1.63 bits per heavy atom. The number of sulfonamides is 1. The van der Waals surface area contributed by atoms with E-state index < -0.39 is 20.3 Å². The lowest BCUT2D eigenvalue weighted by atomic mass is 9.96. The third kappa shape index (κ3) is 7.54. The molecule has 0 saturated heterocycles. The molecule has 0 aromatic heterocycles. The Labute approximate surface area is 175 Å². The van der Waals surface area contributed by atoms with Crippen molar-refractivity contribution < 1.29 is 21.0 Å². The molecule has 1 aliphatic rings. The van der Waals surface area contributed by atoms with Gasteiger partial charge >= 0.3 is 10.3 Å². The maximum atomic E-state index is 12.2. The van der Waals surface area contributed by atoms with Gasteiger partial charge in [0.2, 0.25) is 10.0 Å². The van der Waals surface area contributed by atoms with Crippen LogP contribution in [-0.4, -0.2) is 36.0 Å². The van der Waals surface area contributed by atoms with Crippen LogP contribution in [0.4, 0.5) is 5.69 Å². The number of rotatable bonds is 8. The second-order valence-electron chi connectivity index (χ2n) is 5.93. The van der Waals surface area contributed by atoms with Gasteiger partial charge in [-0.3, -0.25) is 4.18 Å². The van der Waals surface area contributed by atoms with Gasteiger partial charge in [0.1, 0.15) is 0 Å². The molecule has 1 aliphatic carbocycles. The van der Waals surface area contributed by atoms with Crippen LogP contribution in [0.2, 0.25) is 10.0 Å². The van der Waals surface area contributed by atoms with Crippen LogP contribution in [-0.2, 0) is 24.5 Å². The standard InChI is InChI=1S/C14H21Cl2N3O5S2.ClH/c15-12-8-11(9-13(16)14(12)17)25(20,21)18-6-7-24-26(22,23)19-10-4-2-1-3-5-10;/h8-10,18-19H,1-7,17H2;1H. The highest BCUT2D eigenvalue weighted by molar-refractivity contribution is 7.89. The summed E-state index contributed by atoms with van der Waals surface area (Å²) in [5.41, 5.74) is 5.65. The van der Waals surface area contributed by atoms with Crippen molar-refractivity contribution in [2.24, 2.45) is 0 Å². The van der Waals surface area contributed by atoms with Gasteiger partial charge in [-0.05, 0) is 25.0 Å². The fourth-order valence-electron chi connectivity index (χ4n) is 2.59. The molecule has 8 nitrogen and oxygen atoms in total. The van der Waals surface area contributed by atoms with Crippen LogP contribution in [0.5, 0.6) is 0 Å². The van der Waals surface area contributed by atoms with Gasteiger partial charge in [0.25, 0.3) is 0 Å². The zero-order valence-corrected chi connectivity index (χ0v) is 18.2. The number of nitrogens with one attached hydrogen (secondary N) is 2. The average molecular weight is 483 g/mol. The van der Waals surface area contributed by atoms with Gasteiger partial charge in [-0.1, -0.05) is 42.5 Å². The van der Waals surface area contributed by atoms with E-state index in [4.69, 9.17) is 33.1 Å². The summed E-state index contributed by atoms with van der Waals surface area (Å²) in [6.45, 7) is -0.592. The van der Waals surface area contributed by atoms with Crippen molar-refractivity contribution in [1.82, 2.24) is 9.44 Å². The van der Waals surface area contributed by atoms with Crippen LogP contribution >= 0.6 is 35.6 Å². The smallest absolute Gasteiger partial charge is 0.336 e. The molecule has 0 radical (unpaired) electrons. The second kappa shape index (κ2) is 10.4. The molecule has 0 spiro atoms. The zero-order valence-electron chi connectivity index (χ0n) is 14.3. The molecule has 27 heavy (non-hydrogen) atoms. The predicted octanol–water partition coefficient (Wildman–Crippen LogP) is 2.46. The fourth-order valence-corrected chi connectivity index (χ4v) is 5.28. The summed E-state index contributed by atoms with van der Waals surface area (Å²) in [6.07, 6.45) is 4.58. The number of anilines is 1. The first kappa shape index (κ1) is 24.7. The first-order chi connectivity index (χ1) is 12.1. The van der Waals surface area contributed by atoms with Gasteiger partial charge < -0.3 is 5.73 Å². The van der Waals surface area contributed by atoms with E-state index in [1.54, 1.807) is 0 Å². The molecule has 0 atom stereocenters. The highest BCUT2D eigenvalue weighted by Gasteiger charge is 2.21. The molecule has 1 aromatic carbocycles. The van der Waals surface area contributed by atoms with E-state index in [0.29, 0.717) is 0 Å². The van der Waals surface area contributed by atoms with Crippen molar-refractivity contribution in [1.29, 1.82) is 0 Å². The van der Waals surface area contributed by atoms with Crippen LogP contribution in [0.25, 0.3) is 0 Å². The Morgan fingerprint density at radius 1 is 1.07 bits per heavy atom. The maximum Gasteiger partial charge on any atom is 0.336 e. The average Bonchev–Trinajstić information content (AvgIpc) is 2.56. The summed E-state index contributed by atoms with van der Waals surface area (Å²) in [4.78, 5) is -0.176. The number of nitrogen functional groups attached to an aromatic ring is 1. The lowest BCUT2D eigenvalue weighted by Crippen LogP contribution is -2.38. The third-order valence-corrected chi connectivity index (χ3v) is 7.08. The van der Waals surface area contributed by atoms with Gasteiger partial charge in [-0.2, -0.15) is 13.1 Å². The number of halogens is 3. The molecule has 1 saturated carbocycles. The molecule has 0 unspecified atom stereocenters. The largest absolute Gasteiger partial charge is 0.396 e. The van der Waals surface area contributed by atoms with Crippen molar-refractivity contribution in [2.75, 3.05) is 18.9 Å². The van der Waals surface area contributed by atoms with Crippen molar-refractivity contribution in [2.45, 2.75) is 43.0 Å². The predicted molar refractivity (Wildman–Crippen MR) is 108 cm³/mol. The van der Waals surface area contributed by atoms with Crippen molar-refractivity contribution >= 4 is 61.6 Å². The SMILES string of the molecule is Cl.Nc1c(Cl)cc(S(=O)(=O)NCCOS(=O)(=O)NC2CCCCC2)cc1Cl. The molecule has 13 heteroatoms. The van der Waals surface area contributed by atoms with Crippen molar-refractivity contribution in [3.8, 4) is 0 Å². The Morgan fingerprint density at radius 3 is 2.19 bits per heavy atom. The molecule has 1 aromatic rings. The van der Waals surface area contributed by atoms with Gasteiger partial charge in [0.05, 0.1) is 27.2 Å². The summed E-state index contributed by atoms with van der Waals surface area (Å²) < 4.78 is 57.6. The highest BCUT2D eigenvalue weighted by atomic mass is 35.5. The van der Waals surface area contributed by atoms with E-state index in [1.807, 2.05) is 0 Å². The summed E-state index contributed by atoms with van der Waals surface area (Å²) >= 11 is 11.6. The summed E-state index contributed by atoms with van der Waals surface area (Å²) in [6, 6.07) is 2.19. The van der Waals surface area contributed by atoms with Gasteiger partial charge in [-0.15, -0.1) is 12.4 Å². The molecule has 1 fully saturated rings. The highest BCUT2D eigenvalue weighted by Crippen LogP contribution is 2.30.